The van der Waals surface area contributed by atoms with E-state index in [4.69, 9.17) is 0 Å². The highest BCUT2D eigenvalue weighted by Gasteiger charge is 2.29. The predicted octanol–water partition coefficient (Wildman–Crippen LogP) is 5.05. The molecular formula is C37H38FN7O3. The summed E-state index contributed by atoms with van der Waals surface area (Å²) in [6, 6.07) is 18.8. The summed E-state index contributed by atoms with van der Waals surface area (Å²) < 4.78 is 17.2. The van der Waals surface area contributed by atoms with Crippen LogP contribution < -0.4 is 30.9 Å². The summed E-state index contributed by atoms with van der Waals surface area (Å²) >= 11 is 0. The van der Waals surface area contributed by atoms with Gasteiger partial charge in [0, 0.05) is 63.3 Å². The Bertz CT molecular complexity index is 2060. The topological polar surface area (TPSA) is 114 Å². The van der Waals surface area contributed by atoms with Crippen molar-refractivity contribution in [1.82, 2.24) is 9.88 Å². The van der Waals surface area contributed by atoms with Gasteiger partial charge in [-0.1, -0.05) is 0 Å². The third-order valence-corrected chi connectivity index (χ3v) is 10.1. The van der Waals surface area contributed by atoms with Gasteiger partial charge in [0.05, 0.1) is 39.9 Å². The van der Waals surface area contributed by atoms with Crippen LogP contribution in [0.15, 0.2) is 59.4 Å². The second-order valence-electron chi connectivity index (χ2n) is 13.1. The monoisotopic (exact) mass is 647 g/mol. The fourth-order valence-corrected chi connectivity index (χ4v) is 7.39. The summed E-state index contributed by atoms with van der Waals surface area (Å²) in [4.78, 5) is 43.3. The number of nitriles is 1. The first kappa shape index (κ1) is 31.2. The number of anilines is 5. The number of amides is 2. The number of aryl methyl sites for hydroxylation is 2. The van der Waals surface area contributed by atoms with E-state index >= 15 is 4.39 Å². The molecule has 4 aromatic rings. The van der Waals surface area contributed by atoms with Crippen molar-refractivity contribution in [1.29, 1.82) is 5.26 Å². The maximum Gasteiger partial charge on any atom is 0.253 e. The van der Waals surface area contributed by atoms with Crippen LogP contribution in [0.25, 0.3) is 10.9 Å². The zero-order valence-corrected chi connectivity index (χ0v) is 27.3. The van der Waals surface area contributed by atoms with Crippen molar-refractivity contribution in [2.75, 3.05) is 53.2 Å². The Morgan fingerprint density at radius 3 is 2.38 bits per heavy atom. The normalized spacial score (nSPS) is 18.5. The van der Waals surface area contributed by atoms with Gasteiger partial charge in [0.1, 0.15) is 11.9 Å². The Morgan fingerprint density at radius 2 is 1.65 bits per heavy atom. The molecule has 0 saturated carbocycles. The number of hydrogen-bond donors (Lipinski definition) is 2. The molecular weight excluding hydrogens is 609 g/mol. The van der Waals surface area contributed by atoms with E-state index in [9.17, 15) is 19.6 Å². The van der Waals surface area contributed by atoms with Crippen LogP contribution in [-0.4, -0.2) is 55.6 Å². The number of halogens is 1. The van der Waals surface area contributed by atoms with Crippen LogP contribution in [0.2, 0.25) is 0 Å². The van der Waals surface area contributed by atoms with Gasteiger partial charge in [-0.2, -0.15) is 5.26 Å². The molecule has 3 aliphatic rings. The Hall–Kier alpha value is -5.37. The molecule has 2 saturated heterocycles. The molecule has 1 aromatic heterocycles. The summed E-state index contributed by atoms with van der Waals surface area (Å²) in [7, 11) is 3.88. The van der Waals surface area contributed by atoms with E-state index in [0.717, 1.165) is 59.5 Å². The van der Waals surface area contributed by atoms with Crippen molar-refractivity contribution in [2.45, 2.75) is 44.6 Å². The zero-order valence-electron chi connectivity index (χ0n) is 27.3. The number of aromatic nitrogens is 1. The highest BCUT2D eigenvalue weighted by molar-refractivity contribution is 6.01. The molecule has 11 heteroatoms. The maximum absolute atomic E-state index is 15.4. The number of piperidine rings is 2. The second kappa shape index (κ2) is 12.3. The van der Waals surface area contributed by atoms with Crippen molar-refractivity contribution in [3.63, 3.8) is 0 Å². The van der Waals surface area contributed by atoms with E-state index in [1.165, 1.54) is 6.07 Å². The fraction of sp³-hybridized carbons (Fsp3) is 0.351. The molecule has 48 heavy (non-hydrogen) atoms. The minimum absolute atomic E-state index is 0.0306. The van der Waals surface area contributed by atoms with Gasteiger partial charge < -0.3 is 24.6 Å². The predicted molar refractivity (Wildman–Crippen MR) is 186 cm³/mol. The number of nitrogens with one attached hydrogen (secondary N) is 2. The van der Waals surface area contributed by atoms with Crippen LogP contribution >= 0.6 is 0 Å². The van der Waals surface area contributed by atoms with Crippen molar-refractivity contribution in [2.24, 2.45) is 7.05 Å². The lowest BCUT2D eigenvalue weighted by molar-refractivity contribution is -0.133. The smallest absolute Gasteiger partial charge is 0.253 e. The number of fused-ring (bicyclic) bond motifs is 2. The summed E-state index contributed by atoms with van der Waals surface area (Å²) in [6.45, 7) is 4.69. The molecule has 0 radical (unpaired) electrons. The first-order valence-corrected chi connectivity index (χ1v) is 16.4. The second-order valence-corrected chi connectivity index (χ2v) is 13.1. The molecule has 4 heterocycles. The van der Waals surface area contributed by atoms with Gasteiger partial charge >= 0.3 is 0 Å². The Labute approximate surface area is 278 Å². The highest BCUT2D eigenvalue weighted by Crippen LogP contribution is 2.43. The molecule has 2 fully saturated rings. The lowest BCUT2D eigenvalue weighted by atomic mass is 9.87. The highest BCUT2D eigenvalue weighted by atomic mass is 19.1. The van der Waals surface area contributed by atoms with E-state index in [1.54, 1.807) is 16.7 Å². The Balaban J connectivity index is 1.17. The number of carbonyl (C=O) groups excluding carboxylic acids is 2. The Kier molecular flexibility index (Phi) is 8.03. The van der Waals surface area contributed by atoms with E-state index in [0.29, 0.717) is 42.0 Å². The van der Waals surface area contributed by atoms with E-state index < -0.39 is 11.9 Å². The van der Waals surface area contributed by atoms with Crippen molar-refractivity contribution in [3.05, 3.63) is 87.5 Å². The molecule has 246 valence electrons. The first-order valence-electron chi connectivity index (χ1n) is 16.4. The van der Waals surface area contributed by atoms with Crippen LogP contribution in [0, 0.1) is 24.1 Å². The molecule has 0 spiro atoms. The van der Waals surface area contributed by atoms with Gasteiger partial charge in [-0.3, -0.25) is 19.7 Å². The fourth-order valence-electron chi connectivity index (χ4n) is 7.39. The van der Waals surface area contributed by atoms with Crippen LogP contribution in [0.5, 0.6) is 0 Å². The lowest BCUT2D eigenvalue weighted by Crippen LogP contribution is -2.47. The molecule has 1 atom stereocenters. The van der Waals surface area contributed by atoms with Crippen LogP contribution in [0.1, 0.15) is 48.3 Å². The van der Waals surface area contributed by atoms with Gasteiger partial charge in [-0.05, 0) is 92.3 Å². The van der Waals surface area contributed by atoms with Crippen molar-refractivity contribution in [3.8, 4) is 6.07 Å². The maximum atomic E-state index is 15.4. The number of carbonyl (C=O) groups is 2. The van der Waals surface area contributed by atoms with Gasteiger partial charge in [0.15, 0.2) is 0 Å². The number of hydrogen-bond acceptors (Lipinski definition) is 8. The lowest BCUT2D eigenvalue weighted by Gasteiger charge is -2.38. The number of pyridine rings is 1. The number of imide groups is 1. The largest absolute Gasteiger partial charge is 0.374 e. The van der Waals surface area contributed by atoms with Crippen molar-refractivity contribution >= 4 is 51.2 Å². The molecule has 1 unspecified atom stereocenters. The quantitative estimate of drug-likeness (QED) is 0.290. The SMILES string of the molecule is Cc1cc2c(N3CCN(C)c4ccc(C#N)cc43)cc(C3CCN(c4ccc(NC5CCC(=O)NC5=O)cc4F)CC3)cc2n(C)c1=O. The molecule has 2 amide bonds. The molecule has 0 bridgehead atoms. The van der Waals surface area contributed by atoms with Gasteiger partial charge in [0.25, 0.3) is 5.56 Å². The van der Waals surface area contributed by atoms with Gasteiger partial charge in [0.2, 0.25) is 11.8 Å². The van der Waals surface area contributed by atoms with Crippen LogP contribution in [-0.2, 0) is 16.6 Å². The molecule has 3 aliphatic heterocycles. The van der Waals surface area contributed by atoms with Gasteiger partial charge in [-0.15, -0.1) is 0 Å². The molecule has 10 nitrogen and oxygen atoms in total. The summed E-state index contributed by atoms with van der Waals surface area (Å²) in [5.41, 5.74) is 7.28. The third-order valence-electron chi connectivity index (χ3n) is 10.1. The molecule has 0 aliphatic carbocycles. The minimum atomic E-state index is -0.577. The summed E-state index contributed by atoms with van der Waals surface area (Å²) in [6.07, 6.45) is 2.23. The minimum Gasteiger partial charge on any atom is -0.374 e. The van der Waals surface area contributed by atoms with Crippen molar-refractivity contribution < 1.29 is 14.0 Å². The van der Waals surface area contributed by atoms with E-state index in [-0.39, 0.29) is 29.6 Å². The number of benzene rings is 3. The van der Waals surface area contributed by atoms with Gasteiger partial charge in [-0.25, -0.2) is 4.39 Å². The van der Waals surface area contributed by atoms with E-state index in [2.05, 4.69) is 50.6 Å². The number of rotatable bonds is 5. The standard InChI is InChI=1S/C37H38FN7O3/c1-22-16-27-32(43(3)37(22)48)18-25(19-33(27)45-15-14-42(2)31-7-4-23(21-39)17-34(31)45)24-10-12-44(13-11-24)30-8-5-26(20-28(30)38)40-29-6-9-35(46)41-36(29)47/h4-5,7-8,16-20,24,29,40H,6,9-15H2,1-3H3,(H,41,46,47). The van der Waals surface area contributed by atoms with Crippen LogP contribution in [0.4, 0.5) is 32.8 Å². The summed E-state index contributed by atoms with van der Waals surface area (Å²) in [5.74, 6) is -0.848. The Morgan fingerprint density at radius 1 is 0.875 bits per heavy atom. The van der Waals surface area contributed by atoms with E-state index in [1.807, 2.05) is 38.2 Å². The summed E-state index contributed by atoms with van der Waals surface area (Å²) in [5, 5.41) is 16.1. The third kappa shape index (κ3) is 5.61. The average Bonchev–Trinajstić information content (AvgIpc) is 3.08. The number of nitrogens with zero attached hydrogens (tertiary/aromatic N) is 5. The molecule has 2 N–H and O–H groups in total. The first-order chi connectivity index (χ1) is 23.1. The van der Waals surface area contributed by atoms with Crippen LogP contribution in [0.3, 0.4) is 0 Å². The zero-order chi connectivity index (χ0) is 33.7. The molecule has 3 aromatic carbocycles. The average molecular weight is 648 g/mol. The molecule has 7 rings (SSSR count). The number of likely N-dealkylation sites (N-methyl/N-ethyl adjacent to an activating group) is 1.